The number of nitrogens with zero attached hydrogens (tertiary/aromatic N) is 4. The molecule has 102 valence electrons. The normalized spacial score (nSPS) is 11.2. The Hall–Kier alpha value is -1.91. The first-order valence-corrected chi connectivity index (χ1v) is 6.70. The predicted octanol–water partition coefficient (Wildman–Crippen LogP) is 2.76. The van der Waals surface area contributed by atoms with Gasteiger partial charge in [0.2, 0.25) is 0 Å². The fourth-order valence-electron chi connectivity index (χ4n) is 1.98. The minimum atomic E-state index is 0.247. The lowest BCUT2D eigenvalue weighted by Gasteiger charge is -2.12. The van der Waals surface area contributed by atoms with Gasteiger partial charge in [0.1, 0.15) is 17.3 Å². The van der Waals surface area contributed by atoms with Gasteiger partial charge in [-0.3, -0.25) is 0 Å². The third-order valence-electron chi connectivity index (χ3n) is 3.11. The molecule has 0 saturated carbocycles. The molecule has 0 saturated heterocycles. The SMILES string of the molecule is CCCn1ccnc1-c1nc(C(C)C)nc(N)c1C. The largest absolute Gasteiger partial charge is 0.383 e. The Morgan fingerprint density at radius 1 is 1.32 bits per heavy atom. The maximum atomic E-state index is 6.00. The molecule has 2 rings (SSSR count). The topological polar surface area (TPSA) is 69.6 Å². The summed E-state index contributed by atoms with van der Waals surface area (Å²) < 4.78 is 2.11. The van der Waals surface area contributed by atoms with E-state index in [2.05, 4.69) is 40.3 Å². The van der Waals surface area contributed by atoms with Gasteiger partial charge >= 0.3 is 0 Å². The fourth-order valence-corrected chi connectivity index (χ4v) is 1.98. The maximum Gasteiger partial charge on any atom is 0.159 e. The molecule has 2 heterocycles. The molecule has 0 aliphatic rings. The maximum absolute atomic E-state index is 6.00. The van der Waals surface area contributed by atoms with E-state index in [1.807, 2.05) is 13.1 Å². The zero-order valence-corrected chi connectivity index (χ0v) is 12.0. The van der Waals surface area contributed by atoms with E-state index in [1.165, 1.54) is 0 Å². The van der Waals surface area contributed by atoms with Gasteiger partial charge in [0.25, 0.3) is 0 Å². The van der Waals surface area contributed by atoms with E-state index >= 15 is 0 Å². The van der Waals surface area contributed by atoms with Crippen LogP contribution in [0.2, 0.25) is 0 Å². The number of aryl methyl sites for hydroxylation is 1. The highest BCUT2D eigenvalue weighted by atomic mass is 15.1. The minimum Gasteiger partial charge on any atom is -0.383 e. The zero-order valence-electron chi connectivity index (χ0n) is 12.0. The second-order valence-electron chi connectivity index (χ2n) is 5.04. The molecule has 0 aromatic carbocycles. The summed E-state index contributed by atoms with van der Waals surface area (Å²) in [5.74, 6) is 2.43. The van der Waals surface area contributed by atoms with Crippen molar-refractivity contribution in [2.24, 2.45) is 0 Å². The first-order chi connectivity index (χ1) is 9.04. The second-order valence-corrected chi connectivity index (χ2v) is 5.04. The Bertz CT molecular complexity index is 571. The summed E-state index contributed by atoms with van der Waals surface area (Å²) >= 11 is 0. The lowest BCUT2D eigenvalue weighted by molar-refractivity contribution is 0.681. The van der Waals surface area contributed by atoms with E-state index in [9.17, 15) is 0 Å². The Labute approximate surface area is 113 Å². The molecule has 0 atom stereocenters. The summed E-state index contributed by atoms with van der Waals surface area (Å²) in [6, 6.07) is 0. The van der Waals surface area contributed by atoms with Crippen LogP contribution in [0.3, 0.4) is 0 Å². The number of nitrogen functional groups attached to an aromatic ring is 1. The molecular weight excluding hydrogens is 238 g/mol. The summed E-state index contributed by atoms with van der Waals surface area (Å²) in [5, 5.41) is 0. The molecule has 0 unspecified atom stereocenters. The number of nitrogens with two attached hydrogens (primary N) is 1. The van der Waals surface area contributed by atoms with Crippen molar-refractivity contribution in [1.82, 2.24) is 19.5 Å². The standard InChI is InChI=1S/C14H21N5/c1-5-7-19-8-6-16-14(19)11-10(4)12(15)18-13(17-11)9(2)3/h6,8-9H,5,7H2,1-4H3,(H2,15,17,18). The molecule has 0 aliphatic heterocycles. The van der Waals surface area contributed by atoms with Crippen LogP contribution in [-0.2, 0) is 6.54 Å². The highest BCUT2D eigenvalue weighted by Crippen LogP contribution is 2.25. The van der Waals surface area contributed by atoms with Gasteiger partial charge in [-0.05, 0) is 13.3 Å². The van der Waals surface area contributed by atoms with Crippen LogP contribution in [0.1, 0.15) is 44.5 Å². The monoisotopic (exact) mass is 259 g/mol. The van der Waals surface area contributed by atoms with Crippen LogP contribution < -0.4 is 5.73 Å². The second kappa shape index (κ2) is 5.38. The Morgan fingerprint density at radius 3 is 2.68 bits per heavy atom. The Kier molecular flexibility index (Phi) is 3.83. The van der Waals surface area contributed by atoms with Crippen molar-refractivity contribution in [2.45, 2.75) is 46.6 Å². The number of hydrogen-bond acceptors (Lipinski definition) is 4. The van der Waals surface area contributed by atoms with Gasteiger partial charge in [-0.2, -0.15) is 0 Å². The molecule has 0 amide bonds. The Balaban J connectivity index is 2.57. The minimum absolute atomic E-state index is 0.247. The molecule has 2 aromatic heterocycles. The van der Waals surface area contributed by atoms with E-state index in [1.54, 1.807) is 6.20 Å². The number of rotatable bonds is 4. The average molecular weight is 259 g/mol. The van der Waals surface area contributed by atoms with Gasteiger partial charge in [-0.25, -0.2) is 15.0 Å². The molecule has 5 nitrogen and oxygen atoms in total. The molecule has 5 heteroatoms. The molecule has 0 aliphatic carbocycles. The van der Waals surface area contributed by atoms with Crippen LogP contribution in [0.4, 0.5) is 5.82 Å². The first kappa shape index (κ1) is 13.5. The summed E-state index contributed by atoms with van der Waals surface area (Å²) in [7, 11) is 0. The number of hydrogen-bond donors (Lipinski definition) is 1. The lowest BCUT2D eigenvalue weighted by atomic mass is 10.1. The zero-order chi connectivity index (χ0) is 14.0. The van der Waals surface area contributed by atoms with Gasteiger partial charge in [0, 0.05) is 30.4 Å². The third kappa shape index (κ3) is 2.59. The van der Waals surface area contributed by atoms with Crippen LogP contribution in [0, 0.1) is 6.92 Å². The number of imidazole rings is 1. The molecule has 19 heavy (non-hydrogen) atoms. The average Bonchev–Trinajstić information content (AvgIpc) is 2.81. The Morgan fingerprint density at radius 2 is 2.05 bits per heavy atom. The van der Waals surface area contributed by atoms with Gasteiger partial charge in [0.15, 0.2) is 5.82 Å². The first-order valence-electron chi connectivity index (χ1n) is 6.70. The molecule has 2 N–H and O–H groups in total. The van der Waals surface area contributed by atoms with Crippen molar-refractivity contribution in [3.63, 3.8) is 0 Å². The van der Waals surface area contributed by atoms with Gasteiger partial charge in [0.05, 0.1) is 0 Å². The van der Waals surface area contributed by atoms with Crippen LogP contribution >= 0.6 is 0 Å². The van der Waals surface area contributed by atoms with Gasteiger partial charge in [-0.15, -0.1) is 0 Å². The molecule has 0 bridgehead atoms. The van der Waals surface area contributed by atoms with E-state index < -0.39 is 0 Å². The van der Waals surface area contributed by atoms with Crippen LogP contribution in [0.25, 0.3) is 11.5 Å². The lowest BCUT2D eigenvalue weighted by Crippen LogP contribution is -2.09. The summed E-state index contributed by atoms with van der Waals surface area (Å²) in [5.41, 5.74) is 7.74. The van der Waals surface area contributed by atoms with Crippen molar-refractivity contribution < 1.29 is 0 Å². The predicted molar refractivity (Wildman–Crippen MR) is 76.8 cm³/mol. The smallest absolute Gasteiger partial charge is 0.159 e. The van der Waals surface area contributed by atoms with Gasteiger partial charge < -0.3 is 10.3 Å². The van der Waals surface area contributed by atoms with E-state index in [-0.39, 0.29) is 5.92 Å². The highest BCUT2D eigenvalue weighted by molar-refractivity contribution is 5.61. The number of anilines is 1. The van der Waals surface area contributed by atoms with Crippen LogP contribution in [-0.4, -0.2) is 19.5 Å². The number of aromatic nitrogens is 4. The molecule has 0 fully saturated rings. The van der Waals surface area contributed by atoms with Gasteiger partial charge in [-0.1, -0.05) is 20.8 Å². The van der Waals surface area contributed by atoms with Crippen LogP contribution in [0.5, 0.6) is 0 Å². The van der Waals surface area contributed by atoms with E-state index in [0.717, 1.165) is 35.9 Å². The molecular formula is C14H21N5. The summed E-state index contributed by atoms with van der Waals surface area (Å²) in [4.78, 5) is 13.4. The summed E-state index contributed by atoms with van der Waals surface area (Å²) in [6.07, 6.45) is 4.84. The quantitative estimate of drug-likeness (QED) is 0.916. The molecule has 0 spiro atoms. The van der Waals surface area contributed by atoms with Crippen molar-refractivity contribution in [1.29, 1.82) is 0 Å². The van der Waals surface area contributed by atoms with Crippen molar-refractivity contribution in [2.75, 3.05) is 5.73 Å². The highest BCUT2D eigenvalue weighted by Gasteiger charge is 2.16. The van der Waals surface area contributed by atoms with Crippen LogP contribution in [0.15, 0.2) is 12.4 Å². The van der Waals surface area contributed by atoms with E-state index in [4.69, 9.17) is 5.73 Å². The van der Waals surface area contributed by atoms with Crippen molar-refractivity contribution in [3.05, 3.63) is 23.8 Å². The molecule has 2 aromatic rings. The third-order valence-corrected chi connectivity index (χ3v) is 3.11. The molecule has 0 radical (unpaired) electrons. The fraction of sp³-hybridized carbons (Fsp3) is 0.500. The van der Waals surface area contributed by atoms with Crippen molar-refractivity contribution in [3.8, 4) is 11.5 Å². The van der Waals surface area contributed by atoms with Crippen molar-refractivity contribution >= 4 is 5.82 Å². The van der Waals surface area contributed by atoms with E-state index in [0.29, 0.717) is 5.82 Å². The summed E-state index contributed by atoms with van der Waals surface area (Å²) in [6.45, 7) is 9.14.